The second-order valence-electron chi connectivity index (χ2n) is 11.3. The summed E-state index contributed by atoms with van der Waals surface area (Å²) in [5.74, 6) is -0.167. The summed E-state index contributed by atoms with van der Waals surface area (Å²) in [4.78, 5) is 17.9. The molecule has 7 nitrogen and oxygen atoms in total. The highest BCUT2D eigenvalue weighted by molar-refractivity contribution is 6.00. The third-order valence-electron chi connectivity index (χ3n) is 8.71. The van der Waals surface area contributed by atoms with E-state index in [9.17, 15) is 13.2 Å². The number of nitrogens with zero attached hydrogens (tertiary/aromatic N) is 5. The molecule has 3 aliphatic heterocycles. The van der Waals surface area contributed by atoms with E-state index in [1.165, 1.54) is 24.4 Å². The molecule has 7 rings (SSSR count). The standard InChI is InChI=1S/C30H30F4N6O/c1-39-13-3-5-20(39)16-41-29-37-27-22(28(38-29)40-14-18-7-8-19(15-40)36-18)10-9-21(25(27)31)26-24-17(11-12-35-26)4-2-6-23(24)30(32,33)34/h2,4,6,9-12,18-20,36H,3,5,7-8,13-16H2,1H3/t18-,19+,20-/m0/s1. The number of aromatic nitrogens is 3. The lowest BCUT2D eigenvalue weighted by atomic mass is 9.97. The first-order valence-electron chi connectivity index (χ1n) is 14.1. The number of likely N-dealkylation sites (N-methyl/N-ethyl adjacent to an activating group) is 1. The largest absolute Gasteiger partial charge is 0.462 e. The molecule has 0 unspecified atom stereocenters. The first-order chi connectivity index (χ1) is 19.8. The van der Waals surface area contributed by atoms with Gasteiger partial charge in [-0.15, -0.1) is 0 Å². The number of hydrogen-bond donors (Lipinski definition) is 1. The van der Waals surface area contributed by atoms with E-state index in [1.54, 1.807) is 12.1 Å². The number of piperazine rings is 1. The minimum Gasteiger partial charge on any atom is -0.462 e. The first-order valence-corrected chi connectivity index (χ1v) is 14.1. The fourth-order valence-corrected chi connectivity index (χ4v) is 6.62. The molecule has 3 aliphatic rings. The van der Waals surface area contributed by atoms with Gasteiger partial charge < -0.3 is 19.9 Å². The molecule has 3 fully saturated rings. The van der Waals surface area contributed by atoms with Gasteiger partial charge in [0.15, 0.2) is 5.82 Å². The van der Waals surface area contributed by atoms with Gasteiger partial charge in [-0.3, -0.25) is 4.98 Å². The lowest BCUT2D eigenvalue weighted by Gasteiger charge is -2.34. The van der Waals surface area contributed by atoms with Gasteiger partial charge in [-0.2, -0.15) is 23.1 Å². The molecule has 0 amide bonds. The Hall–Kier alpha value is -3.57. The molecule has 3 saturated heterocycles. The van der Waals surface area contributed by atoms with Crippen LogP contribution in [-0.4, -0.2) is 71.3 Å². The quantitative estimate of drug-likeness (QED) is 0.324. The molecule has 0 aliphatic carbocycles. The van der Waals surface area contributed by atoms with Crippen molar-refractivity contribution in [1.82, 2.24) is 25.2 Å². The maximum Gasteiger partial charge on any atom is 0.417 e. The predicted octanol–water partition coefficient (Wildman–Crippen LogP) is 5.42. The van der Waals surface area contributed by atoms with Crippen molar-refractivity contribution in [2.24, 2.45) is 0 Å². The summed E-state index contributed by atoms with van der Waals surface area (Å²) in [6.07, 6.45) is 0.966. The second kappa shape index (κ2) is 10.1. The van der Waals surface area contributed by atoms with Gasteiger partial charge in [0.2, 0.25) is 0 Å². The van der Waals surface area contributed by atoms with Crippen LogP contribution in [0.3, 0.4) is 0 Å². The Bertz CT molecular complexity index is 1610. The zero-order valence-corrected chi connectivity index (χ0v) is 22.6. The molecule has 2 bridgehead atoms. The number of ether oxygens (including phenoxy) is 1. The van der Waals surface area contributed by atoms with Crippen molar-refractivity contribution in [3.8, 4) is 17.3 Å². The fourth-order valence-electron chi connectivity index (χ4n) is 6.62. The lowest BCUT2D eigenvalue weighted by molar-refractivity contribution is -0.136. The smallest absolute Gasteiger partial charge is 0.417 e. The van der Waals surface area contributed by atoms with Crippen LogP contribution in [0.15, 0.2) is 42.6 Å². The Morgan fingerprint density at radius 3 is 2.56 bits per heavy atom. The Labute approximate surface area is 234 Å². The van der Waals surface area contributed by atoms with Crippen molar-refractivity contribution in [3.05, 3.63) is 54.0 Å². The zero-order valence-electron chi connectivity index (χ0n) is 22.6. The molecule has 0 spiro atoms. The number of nitrogens with one attached hydrogen (secondary N) is 1. The molecule has 5 heterocycles. The van der Waals surface area contributed by atoms with Crippen LogP contribution >= 0.6 is 0 Å². The zero-order chi connectivity index (χ0) is 28.3. The van der Waals surface area contributed by atoms with E-state index in [0.29, 0.717) is 35.3 Å². The highest BCUT2D eigenvalue weighted by atomic mass is 19.4. The number of alkyl halides is 3. The topological polar surface area (TPSA) is 66.4 Å². The van der Waals surface area contributed by atoms with E-state index in [1.807, 2.05) is 7.05 Å². The summed E-state index contributed by atoms with van der Waals surface area (Å²) >= 11 is 0. The lowest BCUT2D eigenvalue weighted by Crippen LogP contribution is -2.51. The molecule has 41 heavy (non-hydrogen) atoms. The van der Waals surface area contributed by atoms with Gasteiger partial charge in [0.1, 0.15) is 17.9 Å². The summed E-state index contributed by atoms with van der Waals surface area (Å²) < 4.78 is 64.6. The molecule has 2 aromatic carbocycles. The van der Waals surface area contributed by atoms with Crippen molar-refractivity contribution < 1.29 is 22.3 Å². The highest BCUT2D eigenvalue weighted by Gasteiger charge is 2.36. The van der Waals surface area contributed by atoms with Crippen molar-refractivity contribution in [3.63, 3.8) is 0 Å². The molecule has 0 saturated carbocycles. The van der Waals surface area contributed by atoms with Crippen LogP contribution in [0, 0.1) is 5.82 Å². The molecule has 3 atom stereocenters. The van der Waals surface area contributed by atoms with Crippen molar-refractivity contribution in [2.75, 3.05) is 38.2 Å². The average Bonchev–Trinajstić information content (AvgIpc) is 3.53. The van der Waals surface area contributed by atoms with E-state index >= 15 is 4.39 Å². The summed E-state index contributed by atoms with van der Waals surface area (Å²) in [6, 6.07) is 9.51. The van der Waals surface area contributed by atoms with Gasteiger partial charge in [-0.05, 0) is 68.9 Å². The van der Waals surface area contributed by atoms with Gasteiger partial charge in [0.25, 0.3) is 0 Å². The van der Waals surface area contributed by atoms with Gasteiger partial charge in [-0.1, -0.05) is 12.1 Å². The van der Waals surface area contributed by atoms with Gasteiger partial charge in [0, 0.05) is 53.7 Å². The maximum atomic E-state index is 16.5. The van der Waals surface area contributed by atoms with E-state index in [4.69, 9.17) is 9.72 Å². The van der Waals surface area contributed by atoms with Crippen molar-refractivity contribution >= 4 is 27.5 Å². The van der Waals surface area contributed by atoms with Crippen LogP contribution in [-0.2, 0) is 6.18 Å². The van der Waals surface area contributed by atoms with Crippen LogP contribution < -0.4 is 15.0 Å². The molecule has 2 aromatic heterocycles. The van der Waals surface area contributed by atoms with Gasteiger partial charge in [0.05, 0.1) is 11.3 Å². The minimum atomic E-state index is -4.63. The number of halogens is 4. The van der Waals surface area contributed by atoms with Crippen LogP contribution in [0.25, 0.3) is 32.9 Å². The minimum absolute atomic E-state index is 0.0106. The number of likely N-dealkylation sites (tertiary alicyclic amines) is 1. The Morgan fingerprint density at radius 1 is 1.02 bits per heavy atom. The summed E-state index contributed by atoms with van der Waals surface area (Å²) in [7, 11) is 2.04. The first kappa shape index (κ1) is 26.3. The van der Waals surface area contributed by atoms with Crippen LogP contribution in [0.4, 0.5) is 23.4 Å². The van der Waals surface area contributed by atoms with E-state index in [0.717, 1.165) is 51.4 Å². The maximum absolute atomic E-state index is 16.5. The van der Waals surface area contributed by atoms with Gasteiger partial charge in [-0.25, -0.2) is 4.39 Å². The van der Waals surface area contributed by atoms with Crippen LogP contribution in [0.5, 0.6) is 6.01 Å². The Morgan fingerprint density at radius 2 is 1.83 bits per heavy atom. The fraction of sp³-hybridized carbons (Fsp3) is 0.433. The summed E-state index contributed by atoms with van der Waals surface area (Å²) in [5, 5.41) is 4.28. The number of pyridine rings is 1. The van der Waals surface area contributed by atoms with E-state index in [2.05, 4.69) is 25.1 Å². The van der Waals surface area contributed by atoms with E-state index in [-0.39, 0.29) is 34.2 Å². The van der Waals surface area contributed by atoms with E-state index < -0.39 is 17.6 Å². The Balaban J connectivity index is 1.38. The monoisotopic (exact) mass is 566 g/mol. The number of anilines is 1. The Kier molecular flexibility index (Phi) is 6.46. The second-order valence-corrected chi connectivity index (χ2v) is 11.3. The van der Waals surface area contributed by atoms with Crippen LogP contribution in [0.2, 0.25) is 0 Å². The normalized spacial score (nSPS) is 23.1. The van der Waals surface area contributed by atoms with Gasteiger partial charge >= 0.3 is 12.2 Å². The molecular weight excluding hydrogens is 536 g/mol. The summed E-state index contributed by atoms with van der Waals surface area (Å²) in [5.41, 5.74) is -0.977. The number of fused-ring (bicyclic) bond motifs is 4. The van der Waals surface area contributed by atoms with Crippen molar-refractivity contribution in [1.29, 1.82) is 0 Å². The number of hydrogen-bond acceptors (Lipinski definition) is 7. The highest BCUT2D eigenvalue weighted by Crippen LogP contribution is 2.41. The molecule has 4 aromatic rings. The summed E-state index contributed by atoms with van der Waals surface area (Å²) in [6.45, 7) is 2.79. The van der Waals surface area contributed by atoms with Crippen LogP contribution in [0.1, 0.15) is 31.2 Å². The molecule has 0 radical (unpaired) electrons. The SMILES string of the molecule is CN1CCC[C@H]1COc1nc(N2C[C@H]3CC[C@@H](C2)N3)c2ccc(-c3nccc4cccc(C(F)(F)F)c34)c(F)c2n1. The third kappa shape index (κ3) is 4.74. The molecular formula is C30H30F4N6O. The number of rotatable bonds is 5. The molecule has 11 heteroatoms. The molecule has 214 valence electrons. The number of benzene rings is 2. The van der Waals surface area contributed by atoms with Crippen molar-refractivity contribution in [2.45, 2.75) is 50.0 Å². The predicted molar refractivity (Wildman–Crippen MR) is 149 cm³/mol. The average molecular weight is 567 g/mol. The third-order valence-corrected chi connectivity index (χ3v) is 8.71. The molecule has 1 N–H and O–H groups in total.